The van der Waals surface area contributed by atoms with E-state index in [0.717, 1.165) is 4.47 Å². The summed E-state index contributed by atoms with van der Waals surface area (Å²) in [5.74, 6) is 0. The maximum Gasteiger partial charge on any atom is 0.0181 e. The number of hydrogen-bond donors (Lipinski definition) is 0. The molecule has 2 heteroatoms. The largest absolute Gasteiger partial charge is 0.138 e. The highest BCUT2D eigenvalue weighted by Crippen LogP contribution is 2.13. The lowest BCUT2D eigenvalue weighted by Gasteiger charge is -1.92. The summed E-state index contributed by atoms with van der Waals surface area (Å²) < 4.78 is 1.13. The summed E-state index contributed by atoms with van der Waals surface area (Å²) in [7, 11) is 0. The van der Waals surface area contributed by atoms with E-state index in [-0.39, 0.29) is 0 Å². The summed E-state index contributed by atoms with van der Waals surface area (Å²) in [5.41, 5.74) is 1.23. The highest BCUT2D eigenvalue weighted by molar-refractivity contribution is 9.10. The van der Waals surface area contributed by atoms with Gasteiger partial charge in [0.2, 0.25) is 0 Å². The molecule has 0 saturated carbocycles. The van der Waals surface area contributed by atoms with Gasteiger partial charge in [-0.15, -0.1) is 11.8 Å². The lowest BCUT2D eigenvalue weighted by atomic mass is 10.2. The first-order chi connectivity index (χ1) is 5.33. The van der Waals surface area contributed by atoms with E-state index < -0.39 is 0 Å². The van der Waals surface area contributed by atoms with Gasteiger partial charge in [-0.2, -0.15) is 0 Å². The van der Waals surface area contributed by atoms with E-state index >= 15 is 0 Å². The minimum absolute atomic E-state index is 1.13. The maximum atomic E-state index is 3.41. The number of thioether (sulfide) groups is 1. The van der Waals surface area contributed by atoms with E-state index in [2.05, 4.69) is 45.8 Å². The van der Waals surface area contributed by atoms with Gasteiger partial charge in [-0.1, -0.05) is 28.1 Å². The van der Waals surface area contributed by atoms with Gasteiger partial charge in [0.15, 0.2) is 0 Å². The highest BCUT2D eigenvalue weighted by Gasteiger charge is 1.86. The number of benzene rings is 1. The van der Waals surface area contributed by atoms with E-state index in [1.54, 1.807) is 11.8 Å². The second kappa shape index (κ2) is 4.62. The molecular weight excluding hydrogens is 220 g/mol. The summed E-state index contributed by atoms with van der Waals surface area (Å²) in [6.45, 7) is 0. The Labute approximate surface area is 79.8 Å². The Morgan fingerprint density at radius 1 is 1.45 bits per heavy atom. The van der Waals surface area contributed by atoms with Crippen LogP contribution in [0.5, 0.6) is 0 Å². The van der Waals surface area contributed by atoms with Crippen LogP contribution in [0.3, 0.4) is 0 Å². The summed E-state index contributed by atoms with van der Waals surface area (Å²) in [6, 6.07) is 8.23. The maximum absolute atomic E-state index is 3.41. The third-order valence-corrected chi connectivity index (χ3v) is 2.15. The van der Waals surface area contributed by atoms with Crippen LogP contribution in [0, 0.1) is 0 Å². The molecule has 0 atom stereocenters. The van der Waals surface area contributed by atoms with E-state index in [4.69, 9.17) is 0 Å². The van der Waals surface area contributed by atoms with Crippen LogP contribution < -0.4 is 0 Å². The molecule has 0 bridgehead atoms. The van der Waals surface area contributed by atoms with Crippen LogP contribution in [-0.2, 0) is 0 Å². The Balaban J connectivity index is 2.79. The van der Waals surface area contributed by atoms with Crippen LogP contribution in [0.1, 0.15) is 5.56 Å². The SMILES string of the molecule is CS/C=C/c1cccc(Br)c1. The van der Waals surface area contributed by atoms with Crippen LogP contribution in [-0.4, -0.2) is 6.26 Å². The molecule has 1 rings (SSSR count). The van der Waals surface area contributed by atoms with E-state index in [9.17, 15) is 0 Å². The van der Waals surface area contributed by atoms with Crippen molar-refractivity contribution in [3.63, 3.8) is 0 Å². The molecule has 0 fully saturated rings. The van der Waals surface area contributed by atoms with E-state index in [1.165, 1.54) is 5.56 Å². The van der Waals surface area contributed by atoms with Crippen LogP contribution in [0.4, 0.5) is 0 Å². The predicted molar refractivity (Wildman–Crippen MR) is 56.7 cm³/mol. The van der Waals surface area contributed by atoms with Crippen molar-refractivity contribution in [1.82, 2.24) is 0 Å². The van der Waals surface area contributed by atoms with Gasteiger partial charge in [-0.3, -0.25) is 0 Å². The molecule has 1 aromatic rings. The summed E-state index contributed by atoms with van der Waals surface area (Å²) in [4.78, 5) is 0. The van der Waals surface area contributed by atoms with Gasteiger partial charge >= 0.3 is 0 Å². The molecule has 1 aromatic carbocycles. The zero-order chi connectivity index (χ0) is 8.10. The molecule has 0 aliphatic carbocycles. The molecule has 0 spiro atoms. The lowest BCUT2D eigenvalue weighted by Crippen LogP contribution is -1.69. The number of rotatable bonds is 2. The minimum atomic E-state index is 1.13. The minimum Gasteiger partial charge on any atom is -0.138 e. The zero-order valence-corrected chi connectivity index (χ0v) is 8.65. The fraction of sp³-hybridized carbons (Fsp3) is 0.111. The number of hydrogen-bond acceptors (Lipinski definition) is 1. The quantitative estimate of drug-likeness (QED) is 0.743. The highest BCUT2D eigenvalue weighted by atomic mass is 79.9. The molecule has 58 valence electrons. The standard InChI is InChI=1S/C9H9BrS/c1-11-6-5-8-3-2-4-9(10)7-8/h2-7H,1H3/b6-5+. The van der Waals surface area contributed by atoms with Crippen LogP contribution >= 0.6 is 27.7 Å². The fourth-order valence-electron chi connectivity index (χ4n) is 0.757. The molecule has 0 aromatic heterocycles. The first kappa shape index (κ1) is 8.88. The molecule has 0 aliphatic rings. The molecule has 0 heterocycles. The van der Waals surface area contributed by atoms with Crippen molar-refractivity contribution in [3.8, 4) is 0 Å². The Kier molecular flexibility index (Phi) is 3.73. The molecule has 0 nitrogen and oxygen atoms in total. The van der Waals surface area contributed by atoms with Gasteiger partial charge in [0.05, 0.1) is 0 Å². The molecule has 0 saturated heterocycles. The zero-order valence-electron chi connectivity index (χ0n) is 6.25. The van der Waals surface area contributed by atoms with E-state index in [0.29, 0.717) is 0 Å². The van der Waals surface area contributed by atoms with Crippen molar-refractivity contribution in [2.45, 2.75) is 0 Å². The Hall–Kier alpha value is -0.210. The monoisotopic (exact) mass is 228 g/mol. The van der Waals surface area contributed by atoms with Crippen LogP contribution in [0.2, 0.25) is 0 Å². The average Bonchev–Trinajstić information content (AvgIpc) is 2.01. The van der Waals surface area contributed by atoms with Crippen LogP contribution in [0.25, 0.3) is 6.08 Å². The normalized spacial score (nSPS) is 10.7. The molecule has 0 amide bonds. The van der Waals surface area contributed by atoms with Gasteiger partial charge in [0.25, 0.3) is 0 Å². The van der Waals surface area contributed by atoms with Crippen molar-refractivity contribution >= 4 is 33.8 Å². The summed E-state index contributed by atoms with van der Waals surface area (Å²) in [6.07, 6.45) is 4.14. The molecule has 0 aliphatic heterocycles. The summed E-state index contributed by atoms with van der Waals surface area (Å²) in [5, 5.41) is 2.07. The predicted octanol–water partition coefficient (Wildman–Crippen LogP) is 3.78. The topological polar surface area (TPSA) is 0 Å². The fourth-order valence-corrected chi connectivity index (χ4v) is 1.47. The third-order valence-electron chi connectivity index (χ3n) is 1.25. The number of halogens is 1. The lowest BCUT2D eigenvalue weighted by molar-refractivity contribution is 1.61. The molecule has 0 N–H and O–H groups in total. The van der Waals surface area contributed by atoms with Crippen molar-refractivity contribution in [3.05, 3.63) is 39.7 Å². The summed E-state index contributed by atoms with van der Waals surface area (Å²) >= 11 is 5.12. The molecule has 0 unspecified atom stereocenters. The molecule has 0 radical (unpaired) electrons. The van der Waals surface area contributed by atoms with E-state index in [1.807, 2.05) is 12.1 Å². The van der Waals surface area contributed by atoms with Crippen molar-refractivity contribution in [2.24, 2.45) is 0 Å². The third kappa shape index (κ3) is 3.12. The van der Waals surface area contributed by atoms with Gasteiger partial charge in [0.1, 0.15) is 0 Å². The first-order valence-electron chi connectivity index (χ1n) is 3.28. The van der Waals surface area contributed by atoms with Crippen molar-refractivity contribution in [2.75, 3.05) is 6.26 Å². The Morgan fingerprint density at radius 3 is 2.91 bits per heavy atom. The first-order valence-corrected chi connectivity index (χ1v) is 5.36. The van der Waals surface area contributed by atoms with Gasteiger partial charge in [-0.05, 0) is 35.4 Å². The van der Waals surface area contributed by atoms with Gasteiger partial charge < -0.3 is 0 Å². The second-order valence-electron chi connectivity index (χ2n) is 2.09. The van der Waals surface area contributed by atoms with Gasteiger partial charge in [-0.25, -0.2) is 0 Å². The Bertz CT molecular complexity index is 255. The van der Waals surface area contributed by atoms with Crippen LogP contribution in [0.15, 0.2) is 34.1 Å². The smallest absolute Gasteiger partial charge is 0.0181 e. The van der Waals surface area contributed by atoms with Gasteiger partial charge in [0, 0.05) is 4.47 Å². The van der Waals surface area contributed by atoms with Crippen molar-refractivity contribution in [1.29, 1.82) is 0 Å². The molecular formula is C9H9BrS. The molecule has 11 heavy (non-hydrogen) atoms. The second-order valence-corrected chi connectivity index (χ2v) is 3.75. The Morgan fingerprint density at radius 2 is 2.27 bits per heavy atom. The van der Waals surface area contributed by atoms with Crippen molar-refractivity contribution < 1.29 is 0 Å². The average molecular weight is 229 g/mol.